The molecule has 6 nitrogen and oxygen atoms in total. The van der Waals surface area contributed by atoms with Crippen molar-refractivity contribution >= 4 is 5.97 Å². The molecule has 82 valence electrons. The van der Waals surface area contributed by atoms with E-state index in [1.54, 1.807) is 23.3 Å². The van der Waals surface area contributed by atoms with Crippen molar-refractivity contribution in [2.75, 3.05) is 7.11 Å². The van der Waals surface area contributed by atoms with Gasteiger partial charge in [-0.2, -0.15) is 0 Å². The number of esters is 1. The number of pyridine rings is 1. The van der Waals surface area contributed by atoms with E-state index in [2.05, 4.69) is 20.0 Å². The zero-order valence-corrected chi connectivity index (χ0v) is 8.70. The normalized spacial score (nSPS) is 10.1. The molecule has 0 aromatic carbocycles. The Morgan fingerprint density at radius 3 is 2.88 bits per heavy atom. The van der Waals surface area contributed by atoms with Crippen LogP contribution in [0.4, 0.5) is 0 Å². The second kappa shape index (κ2) is 4.52. The van der Waals surface area contributed by atoms with E-state index in [0.717, 1.165) is 5.56 Å². The molecule has 0 atom stereocenters. The van der Waals surface area contributed by atoms with Gasteiger partial charge >= 0.3 is 5.97 Å². The summed E-state index contributed by atoms with van der Waals surface area (Å²) in [7, 11) is 1.31. The summed E-state index contributed by atoms with van der Waals surface area (Å²) in [6.07, 6.45) is 4.95. The third kappa shape index (κ3) is 2.22. The number of methoxy groups -OCH3 is 1. The predicted octanol–water partition coefficient (Wildman–Crippen LogP) is 0.508. The van der Waals surface area contributed by atoms with E-state index in [-0.39, 0.29) is 5.69 Å². The van der Waals surface area contributed by atoms with Crippen LogP contribution < -0.4 is 0 Å². The molecule has 0 aliphatic carbocycles. The average Bonchev–Trinajstić information content (AvgIpc) is 2.78. The van der Waals surface area contributed by atoms with Gasteiger partial charge in [0, 0.05) is 12.4 Å². The van der Waals surface area contributed by atoms with E-state index in [4.69, 9.17) is 0 Å². The van der Waals surface area contributed by atoms with E-state index < -0.39 is 5.97 Å². The first-order chi connectivity index (χ1) is 7.79. The average molecular weight is 218 g/mol. The number of hydrogen-bond acceptors (Lipinski definition) is 5. The van der Waals surface area contributed by atoms with Gasteiger partial charge in [0.15, 0.2) is 5.69 Å². The molecule has 2 aromatic rings. The molecule has 0 bridgehead atoms. The van der Waals surface area contributed by atoms with Crippen molar-refractivity contribution in [2.45, 2.75) is 6.54 Å². The molecule has 0 amide bonds. The molecule has 0 N–H and O–H groups in total. The molecular weight excluding hydrogens is 208 g/mol. The van der Waals surface area contributed by atoms with Crippen molar-refractivity contribution in [3.05, 3.63) is 42.0 Å². The quantitative estimate of drug-likeness (QED) is 0.702. The highest BCUT2D eigenvalue weighted by Gasteiger charge is 2.10. The third-order valence-electron chi connectivity index (χ3n) is 2.03. The molecule has 0 aliphatic heterocycles. The van der Waals surface area contributed by atoms with Crippen molar-refractivity contribution in [1.29, 1.82) is 0 Å². The summed E-state index contributed by atoms with van der Waals surface area (Å²) in [6.45, 7) is 0.548. The van der Waals surface area contributed by atoms with Crippen molar-refractivity contribution in [1.82, 2.24) is 20.0 Å². The fourth-order valence-corrected chi connectivity index (χ4v) is 1.25. The lowest BCUT2D eigenvalue weighted by Crippen LogP contribution is -2.01. The monoisotopic (exact) mass is 218 g/mol. The Morgan fingerprint density at radius 1 is 1.44 bits per heavy atom. The topological polar surface area (TPSA) is 69.9 Å². The van der Waals surface area contributed by atoms with Crippen molar-refractivity contribution in [2.24, 2.45) is 0 Å². The summed E-state index contributed by atoms with van der Waals surface area (Å²) in [5.74, 6) is -0.485. The molecule has 0 saturated heterocycles. The minimum atomic E-state index is -0.485. The Labute approximate surface area is 91.9 Å². The maximum Gasteiger partial charge on any atom is 0.360 e. The van der Waals surface area contributed by atoms with Gasteiger partial charge in [0.2, 0.25) is 0 Å². The first-order valence-electron chi connectivity index (χ1n) is 4.67. The first-order valence-corrected chi connectivity index (χ1v) is 4.67. The van der Waals surface area contributed by atoms with E-state index in [0.29, 0.717) is 6.54 Å². The lowest BCUT2D eigenvalue weighted by molar-refractivity contribution is 0.0594. The van der Waals surface area contributed by atoms with Gasteiger partial charge < -0.3 is 4.74 Å². The Bertz CT molecular complexity index is 481. The van der Waals surface area contributed by atoms with Gasteiger partial charge in [-0.15, -0.1) is 5.10 Å². The number of nitrogens with zero attached hydrogens (tertiary/aromatic N) is 4. The Morgan fingerprint density at radius 2 is 2.19 bits per heavy atom. The molecule has 2 aromatic heterocycles. The molecule has 16 heavy (non-hydrogen) atoms. The molecule has 0 unspecified atom stereocenters. The molecule has 0 aliphatic rings. The van der Waals surface area contributed by atoms with Crippen LogP contribution >= 0.6 is 0 Å². The number of carbonyl (C=O) groups excluding carboxylic acids is 1. The highest BCUT2D eigenvalue weighted by molar-refractivity contribution is 5.86. The van der Waals surface area contributed by atoms with Gasteiger partial charge in [0.05, 0.1) is 19.9 Å². The second-order valence-electron chi connectivity index (χ2n) is 3.15. The summed E-state index contributed by atoms with van der Waals surface area (Å²) < 4.78 is 6.11. The first kappa shape index (κ1) is 10.3. The number of carbonyl (C=O) groups is 1. The lowest BCUT2D eigenvalue weighted by Gasteiger charge is -1.98. The van der Waals surface area contributed by atoms with Crippen molar-refractivity contribution < 1.29 is 9.53 Å². The minimum Gasteiger partial charge on any atom is -0.464 e. The molecule has 0 saturated carbocycles. The summed E-state index contributed by atoms with van der Waals surface area (Å²) in [6, 6.07) is 3.75. The third-order valence-corrected chi connectivity index (χ3v) is 2.03. The Kier molecular flexibility index (Phi) is 2.90. The van der Waals surface area contributed by atoms with Crippen LogP contribution in [0, 0.1) is 0 Å². The van der Waals surface area contributed by atoms with Crippen LogP contribution in [0.1, 0.15) is 16.1 Å². The summed E-state index contributed by atoms with van der Waals surface area (Å²) in [5.41, 5.74) is 1.24. The molecule has 2 rings (SSSR count). The zero-order chi connectivity index (χ0) is 11.4. The lowest BCUT2D eigenvalue weighted by atomic mass is 10.3. The number of ether oxygens (including phenoxy) is 1. The highest BCUT2D eigenvalue weighted by Crippen LogP contribution is 2.01. The SMILES string of the molecule is COC(=O)c1cn(Cc2ccncc2)nn1. The van der Waals surface area contributed by atoms with Gasteiger partial charge in [0.1, 0.15) is 0 Å². The number of rotatable bonds is 3. The van der Waals surface area contributed by atoms with Gasteiger partial charge in [-0.05, 0) is 17.7 Å². The fraction of sp³-hybridized carbons (Fsp3) is 0.200. The van der Waals surface area contributed by atoms with Crippen molar-refractivity contribution in [3.8, 4) is 0 Å². The maximum atomic E-state index is 11.1. The van der Waals surface area contributed by atoms with Gasteiger partial charge in [-0.1, -0.05) is 5.21 Å². The zero-order valence-electron chi connectivity index (χ0n) is 8.70. The van der Waals surface area contributed by atoms with E-state index in [1.165, 1.54) is 7.11 Å². The molecule has 6 heteroatoms. The minimum absolute atomic E-state index is 0.205. The van der Waals surface area contributed by atoms with Crippen molar-refractivity contribution in [3.63, 3.8) is 0 Å². The highest BCUT2D eigenvalue weighted by atomic mass is 16.5. The van der Waals surface area contributed by atoms with Crippen LogP contribution in [-0.2, 0) is 11.3 Å². The van der Waals surface area contributed by atoms with E-state index in [9.17, 15) is 4.79 Å². The summed E-state index contributed by atoms with van der Waals surface area (Å²) in [4.78, 5) is 15.0. The van der Waals surface area contributed by atoms with Crippen LogP contribution in [0.2, 0.25) is 0 Å². The van der Waals surface area contributed by atoms with Gasteiger partial charge in [-0.25, -0.2) is 9.48 Å². The number of aromatic nitrogens is 4. The Balaban J connectivity index is 2.12. The van der Waals surface area contributed by atoms with Crippen LogP contribution in [0.3, 0.4) is 0 Å². The van der Waals surface area contributed by atoms with E-state index in [1.807, 2.05) is 12.1 Å². The molecule has 2 heterocycles. The van der Waals surface area contributed by atoms with Crippen LogP contribution in [0.5, 0.6) is 0 Å². The van der Waals surface area contributed by atoms with Crippen LogP contribution in [-0.4, -0.2) is 33.1 Å². The second-order valence-corrected chi connectivity index (χ2v) is 3.15. The predicted molar refractivity (Wildman–Crippen MR) is 54.7 cm³/mol. The Hall–Kier alpha value is -2.24. The van der Waals surface area contributed by atoms with Crippen LogP contribution in [0.15, 0.2) is 30.7 Å². The van der Waals surface area contributed by atoms with Gasteiger partial charge in [0.25, 0.3) is 0 Å². The van der Waals surface area contributed by atoms with Crippen LogP contribution in [0.25, 0.3) is 0 Å². The summed E-state index contributed by atoms with van der Waals surface area (Å²) in [5, 5.41) is 7.53. The molecule has 0 fully saturated rings. The molecular formula is C10H10N4O2. The smallest absolute Gasteiger partial charge is 0.360 e. The molecule has 0 radical (unpaired) electrons. The molecule has 0 spiro atoms. The standard InChI is InChI=1S/C10H10N4O2/c1-16-10(15)9-7-14(13-12-9)6-8-2-4-11-5-3-8/h2-5,7H,6H2,1H3. The van der Waals surface area contributed by atoms with Gasteiger partial charge in [-0.3, -0.25) is 4.98 Å². The number of hydrogen-bond donors (Lipinski definition) is 0. The largest absolute Gasteiger partial charge is 0.464 e. The summed E-state index contributed by atoms with van der Waals surface area (Å²) >= 11 is 0. The maximum absolute atomic E-state index is 11.1. The van der Waals surface area contributed by atoms with E-state index >= 15 is 0 Å². The fourth-order valence-electron chi connectivity index (χ4n) is 1.25.